The zero-order chi connectivity index (χ0) is 19.2. The van der Waals surface area contributed by atoms with Gasteiger partial charge in [0.15, 0.2) is 0 Å². The largest absolute Gasteiger partial charge is 0.388 e. The van der Waals surface area contributed by atoms with E-state index < -0.39 is 0 Å². The monoisotopic (exact) mass is 370 g/mol. The maximum Gasteiger partial charge on any atom is 0.292 e. The fraction of sp³-hybridized carbons (Fsp3) is 0.417. The van der Waals surface area contributed by atoms with E-state index in [9.17, 15) is 0 Å². The van der Waals surface area contributed by atoms with E-state index in [0.717, 1.165) is 11.8 Å². The molecule has 6 rings (SSSR count). The lowest BCUT2D eigenvalue weighted by Gasteiger charge is -2.62. The Balaban J connectivity index is 1.50. The molecule has 4 saturated carbocycles. The lowest BCUT2D eigenvalue weighted by molar-refractivity contribution is -0.0281. The van der Waals surface area contributed by atoms with Gasteiger partial charge >= 0.3 is 0 Å². The van der Waals surface area contributed by atoms with Crippen molar-refractivity contribution in [3.8, 4) is 24.0 Å². The quantitative estimate of drug-likeness (QED) is 0.694. The Kier molecular flexibility index (Phi) is 3.84. The summed E-state index contributed by atoms with van der Waals surface area (Å²) < 4.78 is 9.94. The molecular weight excluding hydrogens is 348 g/mol. The van der Waals surface area contributed by atoms with E-state index in [0.29, 0.717) is 11.5 Å². The van der Waals surface area contributed by atoms with Gasteiger partial charge in [-0.25, -0.2) is 0 Å². The van der Waals surface area contributed by atoms with E-state index in [1.165, 1.54) is 49.7 Å². The molecule has 28 heavy (non-hydrogen) atoms. The second-order valence-corrected chi connectivity index (χ2v) is 8.96. The summed E-state index contributed by atoms with van der Waals surface area (Å²) in [5.74, 6) is 2.76. The second-order valence-electron chi connectivity index (χ2n) is 8.96. The van der Waals surface area contributed by atoms with Crippen molar-refractivity contribution >= 4 is 0 Å². The first-order valence-corrected chi connectivity index (χ1v) is 9.98. The summed E-state index contributed by atoms with van der Waals surface area (Å²) in [6, 6.07) is 16.4. The molecule has 4 bridgehead atoms. The number of ether oxygens (including phenoxy) is 2. The predicted molar refractivity (Wildman–Crippen MR) is 103 cm³/mol. The molecule has 0 unspecified atom stereocenters. The Bertz CT molecular complexity index is 874. The fourth-order valence-corrected chi connectivity index (χ4v) is 6.80. The Labute approximate surface area is 165 Å². The third kappa shape index (κ3) is 2.64. The Hall–Kier alpha value is -2.98. The second kappa shape index (κ2) is 6.28. The number of rotatable bonds is 4. The molecule has 140 valence electrons. The molecule has 4 aliphatic rings. The fourth-order valence-electron chi connectivity index (χ4n) is 6.80. The van der Waals surface area contributed by atoms with Crippen molar-refractivity contribution in [3.63, 3.8) is 0 Å². The number of hydrogen-bond acceptors (Lipinski definition) is 4. The zero-order valence-electron chi connectivity index (χ0n) is 15.7. The standard InChI is InChI=1S/C24H22N2O2/c25-15-27-21-5-1-19(2-6-21)23-10-17-9-18(11-23)13-24(12-17,14-23)20-3-7-22(8-4-20)28-16-26/h1-8,17-18H,9-14H2. The van der Waals surface area contributed by atoms with Crippen molar-refractivity contribution < 1.29 is 9.47 Å². The average Bonchev–Trinajstić information content (AvgIpc) is 2.68. The predicted octanol–water partition coefficient (Wildman–Crippen LogP) is 5.20. The van der Waals surface area contributed by atoms with Crippen LogP contribution in [0.2, 0.25) is 0 Å². The van der Waals surface area contributed by atoms with Crippen molar-refractivity contribution in [2.75, 3.05) is 0 Å². The number of benzene rings is 2. The molecule has 0 atom stereocenters. The maximum absolute atomic E-state index is 8.73. The molecule has 0 amide bonds. The molecule has 0 saturated heterocycles. The van der Waals surface area contributed by atoms with Crippen molar-refractivity contribution in [1.82, 2.24) is 0 Å². The van der Waals surface area contributed by atoms with Crippen LogP contribution in [-0.4, -0.2) is 0 Å². The minimum Gasteiger partial charge on any atom is -0.388 e. The molecule has 4 aliphatic carbocycles. The summed E-state index contributed by atoms with van der Waals surface area (Å²) in [5.41, 5.74) is 3.22. The van der Waals surface area contributed by atoms with Crippen molar-refractivity contribution in [3.05, 3.63) is 59.7 Å². The number of nitriles is 2. The van der Waals surface area contributed by atoms with Gasteiger partial charge < -0.3 is 9.47 Å². The lowest BCUT2D eigenvalue weighted by atomic mass is 9.42. The van der Waals surface area contributed by atoms with Crippen molar-refractivity contribution in [1.29, 1.82) is 10.5 Å². The summed E-state index contributed by atoms with van der Waals surface area (Å²) in [4.78, 5) is 0. The van der Waals surface area contributed by atoms with Crippen LogP contribution in [0.25, 0.3) is 0 Å². The molecule has 0 spiro atoms. The van der Waals surface area contributed by atoms with Gasteiger partial charge in [-0.2, -0.15) is 0 Å². The highest BCUT2D eigenvalue weighted by Gasteiger charge is 2.58. The molecule has 4 nitrogen and oxygen atoms in total. The molecule has 0 aromatic heterocycles. The smallest absolute Gasteiger partial charge is 0.292 e. The van der Waals surface area contributed by atoms with Crippen LogP contribution < -0.4 is 9.47 Å². The van der Waals surface area contributed by atoms with Crippen LogP contribution in [-0.2, 0) is 10.8 Å². The summed E-state index contributed by atoms with van der Waals surface area (Å²) >= 11 is 0. The first kappa shape index (κ1) is 17.1. The number of hydrogen-bond donors (Lipinski definition) is 0. The summed E-state index contributed by atoms with van der Waals surface area (Å²) in [6.07, 6.45) is 11.1. The first-order valence-electron chi connectivity index (χ1n) is 9.98. The van der Waals surface area contributed by atoms with Gasteiger partial charge in [-0.05, 0) is 96.6 Å². The lowest BCUT2D eigenvalue weighted by Crippen LogP contribution is -2.55. The van der Waals surface area contributed by atoms with Gasteiger partial charge in [-0.15, -0.1) is 10.5 Å². The highest BCUT2D eigenvalue weighted by atomic mass is 16.5. The van der Waals surface area contributed by atoms with E-state index in [1.807, 2.05) is 24.3 Å². The Morgan fingerprint density at radius 2 is 1.07 bits per heavy atom. The molecular formula is C24H22N2O2. The van der Waals surface area contributed by atoms with E-state index in [2.05, 4.69) is 24.3 Å². The molecule has 0 aliphatic heterocycles. The summed E-state index contributed by atoms with van der Waals surface area (Å²) in [6.45, 7) is 0. The van der Waals surface area contributed by atoms with Gasteiger partial charge in [0, 0.05) is 0 Å². The van der Waals surface area contributed by atoms with E-state index >= 15 is 0 Å². The molecule has 2 aromatic rings. The Morgan fingerprint density at radius 1 is 0.679 bits per heavy atom. The normalized spacial score (nSPS) is 32.4. The third-order valence-corrected chi connectivity index (χ3v) is 7.32. The molecule has 0 heterocycles. The summed E-state index contributed by atoms with van der Waals surface area (Å²) in [5, 5.41) is 17.5. The molecule has 0 radical (unpaired) electrons. The van der Waals surface area contributed by atoms with Gasteiger partial charge in [0.2, 0.25) is 0 Å². The van der Waals surface area contributed by atoms with Crippen LogP contribution in [0.1, 0.15) is 49.7 Å². The van der Waals surface area contributed by atoms with Crippen LogP contribution in [0.3, 0.4) is 0 Å². The SMILES string of the molecule is N#COc1ccc(C23CC4CC(C2)CC(c2ccc(OC#N)cc2)(C4)C3)cc1. The minimum atomic E-state index is 0.219. The van der Waals surface area contributed by atoms with Crippen LogP contribution >= 0.6 is 0 Å². The molecule has 2 aromatic carbocycles. The van der Waals surface area contributed by atoms with E-state index in [4.69, 9.17) is 20.0 Å². The van der Waals surface area contributed by atoms with Crippen LogP contribution in [0.4, 0.5) is 0 Å². The van der Waals surface area contributed by atoms with Gasteiger partial charge in [-0.3, -0.25) is 0 Å². The third-order valence-electron chi connectivity index (χ3n) is 7.32. The molecule has 4 heteroatoms. The molecule has 0 N–H and O–H groups in total. The van der Waals surface area contributed by atoms with Crippen LogP contribution in [0.15, 0.2) is 48.5 Å². The van der Waals surface area contributed by atoms with E-state index in [1.54, 1.807) is 12.5 Å². The van der Waals surface area contributed by atoms with Crippen molar-refractivity contribution in [2.24, 2.45) is 11.8 Å². The molecule has 4 fully saturated rings. The zero-order valence-corrected chi connectivity index (χ0v) is 15.7. The topological polar surface area (TPSA) is 66.0 Å². The van der Waals surface area contributed by atoms with Crippen molar-refractivity contribution in [2.45, 2.75) is 49.4 Å². The highest BCUT2D eigenvalue weighted by Crippen LogP contribution is 2.66. The van der Waals surface area contributed by atoms with Gasteiger partial charge in [0.05, 0.1) is 0 Å². The first-order chi connectivity index (χ1) is 13.6. The Morgan fingerprint density at radius 3 is 1.43 bits per heavy atom. The minimum absolute atomic E-state index is 0.219. The van der Waals surface area contributed by atoms with Gasteiger partial charge in [0.25, 0.3) is 12.5 Å². The maximum atomic E-state index is 8.73. The van der Waals surface area contributed by atoms with Gasteiger partial charge in [-0.1, -0.05) is 24.3 Å². The average molecular weight is 370 g/mol. The summed E-state index contributed by atoms with van der Waals surface area (Å²) in [7, 11) is 0. The number of nitrogens with zero attached hydrogens (tertiary/aromatic N) is 2. The van der Waals surface area contributed by atoms with Crippen LogP contribution in [0.5, 0.6) is 11.5 Å². The van der Waals surface area contributed by atoms with Gasteiger partial charge in [0.1, 0.15) is 11.5 Å². The highest BCUT2D eigenvalue weighted by molar-refractivity contribution is 5.41. The van der Waals surface area contributed by atoms with E-state index in [-0.39, 0.29) is 10.8 Å². The van der Waals surface area contributed by atoms with Crippen LogP contribution in [0, 0.1) is 34.9 Å².